The molecule has 1 aromatic heterocycles. The molecular weight excluding hydrogens is 354 g/mol. The molecule has 3 aromatic rings. The van der Waals surface area contributed by atoms with Gasteiger partial charge in [0.1, 0.15) is 0 Å². The molecule has 4 rings (SSSR count). The van der Waals surface area contributed by atoms with Crippen LogP contribution in [-0.2, 0) is 6.54 Å². The summed E-state index contributed by atoms with van der Waals surface area (Å²) in [7, 11) is 0. The Kier molecular flexibility index (Phi) is 4.26. The largest absolute Gasteiger partial charge is 0.454 e. The molecule has 26 heavy (non-hydrogen) atoms. The number of nitrogens with zero attached hydrogens (tertiary/aromatic N) is 2. The van der Waals surface area contributed by atoms with Crippen LogP contribution >= 0.6 is 11.6 Å². The maximum absolute atomic E-state index is 12.4. The van der Waals surface area contributed by atoms with Gasteiger partial charge in [0, 0.05) is 17.3 Å². The summed E-state index contributed by atoms with van der Waals surface area (Å²) in [5.74, 6) is 1.18. The lowest BCUT2D eigenvalue weighted by Crippen LogP contribution is -2.23. The smallest absolute Gasteiger partial charge is 0.272 e. The van der Waals surface area contributed by atoms with Crippen molar-refractivity contribution in [3.63, 3.8) is 0 Å². The number of fused-ring (bicyclic) bond motifs is 1. The Labute approximate surface area is 155 Å². The summed E-state index contributed by atoms with van der Waals surface area (Å²) in [5, 5.41) is 7.92. The van der Waals surface area contributed by atoms with E-state index in [4.69, 9.17) is 21.1 Å². The zero-order valence-electron chi connectivity index (χ0n) is 14.0. The van der Waals surface area contributed by atoms with E-state index in [1.165, 1.54) is 0 Å². The van der Waals surface area contributed by atoms with Crippen LogP contribution in [0.3, 0.4) is 0 Å². The zero-order chi connectivity index (χ0) is 18.1. The molecule has 0 aliphatic carbocycles. The molecule has 2 aromatic carbocycles. The SMILES string of the molecule is Cc1cc(C(=O)NCc2ccc3c(c2)OCO3)nn1-c1ccc(Cl)cc1. The number of benzene rings is 2. The summed E-state index contributed by atoms with van der Waals surface area (Å²) in [6, 6.07) is 14.6. The minimum atomic E-state index is -0.238. The van der Waals surface area contributed by atoms with Crippen molar-refractivity contribution in [1.82, 2.24) is 15.1 Å². The zero-order valence-corrected chi connectivity index (χ0v) is 14.8. The lowest BCUT2D eigenvalue weighted by Gasteiger charge is -2.05. The van der Waals surface area contributed by atoms with Crippen molar-refractivity contribution in [2.45, 2.75) is 13.5 Å². The number of hydrogen-bond donors (Lipinski definition) is 1. The van der Waals surface area contributed by atoms with Gasteiger partial charge in [-0.2, -0.15) is 5.10 Å². The first-order valence-corrected chi connectivity index (χ1v) is 8.47. The van der Waals surface area contributed by atoms with Gasteiger partial charge in [-0.1, -0.05) is 17.7 Å². The first kappa shape index (κ1) is 16.5. The van der Waals surface area contributed by atoms with E-state index < -0.39 is 0 Å². The second-order valence-electron chi connectivity index (χ2n) is 5.93. The molecule has 0 fully saturated rings. The average molecular weight is 370 g/mol. The standard InChI is InChI=1S/C19H16ClN3O3/c1-12-8-16(22-23(12)15-5-3-14(20)4-6-15)19(24)21-10-13-2-7-17-18(9-13)26-11-25-17/h2-9H,10-11H2,1H3,(H,21,24). The fourth-order valence-corrected chi connectivity index (χ4v) is 2.88. The highest BCUT2D eigenvalue weighted by atomic mass is 35.5. The Bertz CT molecular complexity index is 967. The van der Waals surface area contributed by atoms with Gasteiger partial charge in [0.05, 0.1) is 5.69 Å². The number of ether oxygens (including phenoxy) is 2. The number of halogens is 1. The highest BCUT2D eigenvalue weighted by Crippen LogP contribution is 2.32. The number of rotatable bonds is 4. The monoisotopic (exact) mass is 369 g/mol. The average Bonchev–Trinajstić information content (AvgIpc) is 3.26. The quantitative estimate of drug-likeness (QED) is 0.764. The highest BCUT2D eigenvalue weighted by Gasteiger charge is 2.15. The Balaban J connectivity index is 1.47. The summed E-state index contributed by atoms with van der Waals surface area (Å²) in [6.45, 7) is 2.51. The maximum atomic E-state index is 12.4. The van der Waals surface area contributed by atoms with E-state index in [2.05, 4.69) is 10.4 Å². The van der Waals surface area contributed by atoms with Crippen LogP contribution in [0.25, 0.3) is 5.69 Å². The second-order valence-corrected chi connectivity index (χ2v) is 6.37. The molecule has 1 aliphatic rings. The Morgan fingerprint density at radius 3 is 2.73 bits per heavy atom. The molecule has 2 heterocycles. The van der Waals surface area contributed by atoms with Crippen molar-refractivity contribution in [1.29, 1.82) is 0 Å². The molecule has 0 radical (unpaired) electrons. The molecule has 0 saturated carbocycles. The summed E-state index contributed by atoms with van der Waals surface area (Å²) in [6.07, 6.45) is 0. The predicted molar refractivity (Wildman–Crippen MR) is 97.0 cm³/mol. The summed E-state index contributed by atoms with van der Waals surface area (Å²) < 4.78 is 12.3. The molecular formula is C19H16ClN3O3. The van der Waals surface area contributed by atoms with Crippen LogP contribution in [0.1, 0.15) is 21.7 Å². The van der Waals surface area contributed by atoms with Gasteiger partial charge in [-0.3, -0.25) is 4.79 Å². The maximum Gasteiger partial charge on any atom is 0.272 e. The van der Waals surface area contributed by atoms with E-state index in [1.807, 2.05) is 37.3 Å². The summed E-state index contributed by atoms with van der Waals surface area (Å²) >= 11 is 5.92. The van der Waals surface area contributed by atoms with Crippen LogP contribution in [0.4, 0.5) is 0 Å². The van der Waals surface area contributed by atoms with Crippen molar-refractivity contribution in [2.75, 3.05) is 6.79 Å². The molecule has 1 amide bonds. The Morgan fingerprint density at radius 2 is 1.92 bits per heavy atom. The summed E-state index contributed by atoms with van der Waals surface area (Å²) in [5.41, 5.74) is 3.00. The van der Waals surface area contributed by atoms with E-state index in [1.54, 1.807) is 22.9 Å². The number of hydrogen-bond acceptors (Lipinski definition) is 4. The van der Waals surface area contributed by atoms with E-state index in [9.17, 15) is 4.79 Å². The number of nitrogens with one attached hydrogen (secondary N) is 1. The van der Waals surface area contributed by atoms with Crippen LogP contribution < -0.4 is 14.8 Å². The highest BCUT2D eigenvalue weighted by molar-refractivity contribution is 6.30. The molecule has 0 atom stereocenters. The molecule has 1 N–H and O–H groups in total. The normalized spacial score (nSPS) is 12.2. The van der Waals surface area contributed by atoms with E-state index in [-0.39, 0.29) is 12.7 Å². The van der Waals surface area contributed by atoms with Gasteiger partial charge in [-0.05, 0) is 55.0 Å². The first-order chi connectivity index (χ1) is 12.6. The van der Waals surface area contributed by atoms with E-state index in [0.717, 1.165) is 22.7 Å². The second kappa shape index (κ2) is 6.72. The van der Waals surface area contributed by atoms with Gasteiger partial charge in [-0.25, -0.2) is 4.68 Å². The van der Waals surface area contributed by atoms with Gasteiger partial charge < -0.3 is 14.8 Å². The molecule has 0 bridgehead atoms. The molecule has 0 unspecified atom stereocenters. The first-order valence-electron chi connectivity index (χ1n) is 8.09. The van der Waals surface area contributed by atoms with Crippen molar-refractivity contribution < 1.29 is 14.3 Å². The van der Waals surface area contributed by atoms with Gasteiger partial charge in [0.25, 0.3) is 5.91 Å². The third kappa shape index (κ3) is 3.23. The van der Waals surface area contributed by atoms with Gasteiger partial charge in [0.2, 0.25) is 6.79 Å². The van der Waals surface area contributed by atoms with Crippen LogP contribution in [0.5, 0.6) is 11.5 Å². The topological polar surface area (TPSA) is 65.4 Å². The van der Waals surface area contributed by atoms with Crippen LogP contribution in [0.2, 0.25) is 5.02 Å². The third-order valence-corrected chi connectivity index (χ3v) is 4.33. The van der Waals surface area contributed by atoms with Crippen LogP contribution in [0.15, 0.2) is 48.5 Å². The fourth-order valence-electron chi connectivity index (χ4n) is 2.75. The van der Waals surface area contributed by atoms with Gasteiger partial charge in [0.15, 0.2) is 17.2 Å². The molecule has 7 heteroatoms. The number of carbonyl (C=O) groups is 1. The summed E-state index contributed by atoms with van der Waals surface area (Å²) in [4.78, 5) is 12.4. The lowest BCUT2D eigenvalue weighted by atomic mass is 10.2. The van der Waals surface area contributed by atoms with E-state index in [0.29, 0.717) is 23.0 Å². The fraction of sp³-hybridized carbons (Fsp3) is 0.158. The van der Waals surface area contributed by atoms with Crippen LogP contribution in [-0.4, -0.2) is 22.5 Å². The Hall–Kier alpha value is -2.99. The van der Waals surface area contributed by atoms with Crippen molar-refractivity contribution in [3.05, 3.63) is 70.5 Å². The van der Waals surface area contributed by atoms with Crippen molar-refractivity contribution in [2.24, 2.45) is 0 Å². The minimum Gasteiger partial charge on any atom is -0.454 e. The van der Waals surface area contributed by atoms with Gasteiger partial charge >= 0.3 is 0 Å². The van der Waals surface area contributed by atoms with Crippen molar-refractivity contribution >= 4 is 17.5 Å². The third-order valence-electron chi connectivity index (χ3n) is 4.08. The lowest BCUT2D eigenvalue weighted by molar-refractivity contribution is 0.0945. The number of carbonyl (C=O) groups excluding carboxylic acids is 1. The molecule has 0 spiro atoms. The Morgan fingerprint density at radius 1 is 1.15 bits per heavy atom. The predicted octanol–water partition coefficient (Wildman–Crippen LogP) is 3.49. The molecule has 0 saturated heterocycles. The van der Waals surface area contributed by atoms with Crippen LogP contribution in [0, 0.1) is 6.92 Å². The van der Waals surface area contributed by atoms with E-state index >= 15 is 0 Å². The molecule has 132 valence electrons. The number of amides is 1. The number of aromatic nitrogens is 2. The van der Waals surface area contributed by atoms with Crippen molar-refractivity contribution in [3.8, 4) is 17.2 Å². The molecule has 1 aliphatic heterocycles. The number of aryl methyl sites for hydroxylation is 1. The minimum absolute atomic E-state index is 0.229. The van der Waals surface area contributed by atoms with Gasteiger partial charge in [-0.15, -0.1) is 0 Å². The molecule has 6 nitrogen and oxygen atoms in total.